The molecule has 1 amide bonds. The summed E-state index contributed by atoms with van der Waals surface area (Å²) >= 11 is 1.24. The summed E-state index contributed by atoms with van der Waals surface area (Å²) in [6.45, 7) is 3.95. The first-order valence-electron chi connectivity index (χ1n) is 4.37. The molecular formula is C9H13NO4S. The number of ether oxygens (including phenoxy) is 1. The van der Waals surface area contributed by atoms with Crippen LogP contribution in [0.5, 0.6) is 0 Å². The number of hydrogen-bond donors (Lipinski definition) is 1. The number of nitrogens with zero attached hydrogens (tertiary/aromatic N) is 1. The molecule has 5 nitrogen and oxygen atoms in total. The van der Waals surface area contributed by atoms with Crippen molar-refractivity contribution in [2.24, 2.45) is 0 Å². The highest BCUT2D eigenvalue weighted by molar-refractivity contribution is 8.00. The number of carboxylic acids is 1. The lowest BCUT2D eigenvalue weighted by Gasteiger charge is -2.44. The van der Waals surface area contributed by atoms with Crippen LogP contribution in [0, 0.1) is 0 Å². The summed E-state index contributed by atoms with van der Waals surface area (Å²) in [4.78, 5) is 23.5. The molecule has 0 unspecified atom stereocenters. The summed E-state index contributed by atoms with van der Waals surface area (Å²) in [5.41, 5.74) is 0. The van der Waals surface area contributed by atoms with Gasteiger partial charge in [-0.05, 0) is 6.26 Å². The van der Waals surface area contributed by atoms with Crippen molar-refractivity contribution in [1.82, 2.24) is 4.90 Å². The van der Waals surface area contributed by atoms with Crippen LogP contribution in [0.1, 0.15) is 0 Å². The number of carboxylic acid groups (broad SMARTS) is 1. The topological polar surface area (TPSA) is 66.8 Å². The largest absolute Gasteiger partial charge is 0.480 e. The Labute approximate surface area is 92.1 Å². The van der Waals surface area contributed by atoms with E-state index in [1.54, 1.807) is 6.26 Å². The molecule has 0 aromatic heterocycles. The van der Waals surface area contributed by atoms with E-state index >= 15 is 0 Å². The molecule has 15 heavy (non-hydrogen) atoms. The molecule has 0 aromatic carbocycles. The van der Waals surface area contributed by atoms with Crippen LogP contribution >= 0.6 is 11.8 Å². The molecule has 1 N–H and O–H groups in total. The fourth-order valence-corrected chi connectivity index (χ4v) is 2.02. The number of thioether (sulfide) groups is 1. The van der Waals surface area contributed by atoms with Crippen molar-refractivity contribution in [3.05, 3.63) is 12.7 Å². The third kappa shape index (κ3) is 2.26. The summed E-state index contributed by atoms with van der Waals surface area (Å²) in [7, 11) is 0. The van der Waals surface area contributed by atoms with Crippen LogP contribution in [0.3, 0.4) is 0 Å². The molecule has 0 atom stereocenters. The molecule has 6 heteroatoms. The van der Waals surface area contributed by atoms with E-state index in [0.29, 0.717) is 0 Å². The van der Waals surface area contributed by atoms with Crippen LogP contribution in [0.4, 0.5) is 4.79 Å². The minimum Gasteiger partial charge on any atom is -0.480 e. The Bertz CT molecular complexity index is 286. The summed E-state index contributed by atoms with van der Waals surface area (Å²) in [5, 5.41) is 8.94. The van der Waals surface area contributed by atoms with Crippen LogP contribution in [0.25, 0.3) is 0 Å². The lowest BCUT2D eigenvalue weighted by atomic mass is 10.00. The van der Waals surface area contributed by atoms with E-state index in [2.05, 4.69) is 6.58 Å². The zero-order valence-electron chi connectivity index (χ0n) is 8.43. The predicted octanol–water partition coefficient (Wildman–Crippen LogP) is 0.811. The highest BCUT2D eigenvalue weighted by atomic mass is 32.2. The van der Waals surface area contributed by atoms with Crippen LogP contribution in [0.15, 0.2) is 12.7 Å². The third-order valence-corrected chi connectivity index (χ3v) is 3.47. The van der Waals surface area contributed by atoms with Crippen LogP contribution in [0.2, 0.25) is 0 Å². The van der Waals surface area contributed by atoms with E-state index < -0.39 is 16.8 Å². The van der Waals surface area contributed by atoms with Gasteiger partial charge >= 0.3 is 12.1 Å². The quantitative estimate of drug-likeness (QED) is 0.725. The van der Waals surface area contributed by atoms with Crippen LogP contribution < -0.4 is 0 Å². The molecule has 0 aliphatic carbocycles. The monoisotopic (exact) mass is 231 g/mol. The van der Waals surface area contributed by atoms with E-state index in [9.17, 15) is 9.59 Å². The maximum absolute atomic E-state index is 11.3. The zero-order chi connectivity index (χ0) is 11.5. The lowest BCUT2D eigenvalue weighted by Crippen LogP contribution is -2.65. The average molecular weight is 231 g/mol. The Kier molecular flexibility index (Phi) is 3.62. The molecule has 84 valence electrons. The second kappa shape index (κ2) is 4.57. The molecule has 0 radical (unpaired) electrons. The van der Waals surface area contributed by atoms with Gasteiger partial charge in [-0.2, -0.15) is 0 Å². The van der Waals surface area contributed by atoms with Gasteiger partial charge in [0.15, 0.2) is 0 Å². The van der Waals surface area contributed by atoms with Crippen molar-refractivity contribution in [2.75, 3.05) is 26.0 Å². The molecule has 1 rings (SSSR count). The molecule has 0 saturated carbocycles. The average Bonchev–Trinajstić information content (AvgIpc) is 2.13. The van der Waals surface area contributed by atoms with Gasteiger partial charge in [0.2, 0.25) is 0 Å². The van der Waals surface area contributed by atoms with E-state index in [1.807, 2.05) is 0 Å². The van der Waals surface area contributed by atoms with E-state index in [0.717, 1.165) is 0 Å². The standard InChI is InChI=1S/C9H13NO4S/c1-3-4-14-8(13)10-5-9(6-10,15-2)7(11)12/h3H,1,4-6H2,2H3,(H,11,12). The van der Waals surface area contributed by atoms with Gasteiger partial charge in [0.25, 0.3) is 0 Å². The number of aliphatic carboxylic acids is 1. The van der Waals surface area contributed by atoms with Crippen molar-refractivity contribution in [2.45, 2.75) is 4.75 Å². The van der Waals surface area contributed by atoms with Crippen molar-refractivity contribution in [3.8, 4) is 0 Å². The Hall–Kier alpha value is -1.17. The Morgan fingerprint density at radius 3 is 2.67 bits per heavy atom. The molecule has 1 heterocycles. The highest BCUT2D eigenvalue weighted by Gasteiger charge is 2.51. The molecule has 1 fully saturated rings. The zero-order valence-corrected chi connectivity index (χ0v) is 9.25. The molecule has 1 aliphatic heterocycles. The van der Waals surface area contributed by atoms with Gasteiger partial charge in [0.1, 0.15) is 11.4 Å². The second-order valence-electron chi connectivity index (χ2n) is 3.23. The number of amides is 1. The van der Waals surface area contributed by atoms with Crippen molar-refractivity contribution in [3.63, 3.8) is 0 Å². The fourth-order valence-electron chi connectivity index (χ4n) is 1.27. The number of carbonyl (C=O) groups excluding carboxylic acids is 1. The normalized spacial score (nSPS) is 17.8. The number of hydrogen-bond acceptors (Lipinski definition) is 4. The maximum atomic E-state index is 11.3. The lowest BCUT2D eigenvalue weighted by molar-refractivity contribution is -0.143. The van der Waals surface area contributed by atoms with Crippen molar-refractivity contribution >= 4 is 23.8 Å². The van der Waals surface area contributed by atoms with E-state index in [1.165, 1.54) is 22.7 Å². The Balaban J connectivity index is 2.44. The van der Waals surface area contributed by atoms with Gasteiger partial charge < -0.3 is 14.7 Å². The molecular weight excluding hydrogens is 218 g/mol. The van der Waals surface area contributed by atoms with Gasteiger partial charge in [-0.3, -0.25) is 4.79 Å². The van der Waals surface area contributed by atoms with Gasteiger partial charge in [-0.1, -0.05) is 12.7 Å². The molecule has 1 aliphatic rings. The number of likely N-dealkylation sites (tertiary alicyclic amines) is 1. The van der Waals surface area contributed by atoms with Gasteiger partial charge in [0.05, 0.1) is 13.1 Å². The summed E-state index contributed by atoms with van der Waals surface area (Å²) < 4.78 is 3.93. The Morgan fingerprint density at radius 2 is 2.27 bits per heavy atom. The van der Waals surface area contributed by atoms with Crippen molar-refractivity contribution in [1.29, 1.82) is 0 Å². The summed E-state index contributed by atoms with van der Waals surface area (Å²) in [6, 6.07) is 0. The number of rotatable bonds is 4. The first kappa shape index (κ1) is 11.9. The van der Waals surface area contributed by atoms with Gasteiger partial charge in [-0.15, -0.1) is 11.8 Å². The summed E-state index contributed by atoms with van der Waals surface area (Å²) in [5.74, 6) is -0.886. The molecule has 0 aromatic rings. The van der Waals surface area contributed by atoms with Gasteiger partial charge in [0, 0.05) is 0 Å². The van der Waals surface area contributed by atoms with E-state index in [-0.39, 0.29) is 19.7 Å². The second-order valence-corrected chi connectivity index (χ2v) is 4.41. The predicted molar refractivity (Wildman–Crippen MR) is 57.0 cm³/mol. The van der Waals surface area contributed by atoms with Crippen LogP contribution in [-0.4, -0.2) is 52.8 Å². The SMILES string of the molecule is C=CCOC(=O)N1CC(SC)(C(=O)O)C1. The maximum Gasteiger partial charge on any atom is 0.410 e. The number of carbonyl (C=O) groups is 2. The van der Waals surface area contributed by atoms with Crippen LogP contribution in [-0.2, 0) is 9.53 Å². The first-order valence-corrected chi connectivity index (χ1v) is 5.59. The smallest absolute Gasteiger partial charge is 0.410 e. The molecule has 0 spiro atoms. The summed E-state index contributed by atoms with van der Waals surface area (Å²) in [6.07, 6.45) is 2.71. The van der Waals surface area contributed by atoms with Gasteiger partial charge in [-0.25, -0.2) is 4.79 Å². The fraction of sp³-hybridized carbons (Fsp3) is 0.556. The highest BCUT2D eigenvalue weighted by Crippen LogP contribution is 2.34. The molecule has 0 bridgehead atoms. The third-order valence-electron chi connectivity index (χ3n) is 2.26. The Morgan fingerprint density at radius 1 is 1.67 bits per heavy atom. The minimum absolute atomic E-state index is 0.147. The first-order chi connectivity index (χ1) is 7.05. The molecule has 1 saturated heterocycles. The minimum atomic E-state index is -0.886. The van der Waals surface area contributed by atoms with Crippen molar-refractivity contribution < 1.29 is 19.4 Å². The van der Waals surface area contributed by atoms with E-state index in [4.69, 9.17) is 9.84 Å².